The van der Waals surface area contributed by atoms with Crippen LogP contribution in [0.2, 0.25) is 0 Å². The van der Waals surface area contributed by atoms with Crippen LogP contribution in [0.25, 0.3) is 0 Å². The second-order valence-corrected chi connectivity index (χ2v) is 14.0. The molecule has 0 aromatic heterocycles. The van der Waals surface area contributed by atoms with Gasteiger partial charge in [-0.05, 0) is 84.8 Å². The van der Waals surface area contributed by atoms with Crippen LogP contribution >= 0.6 is 0 Å². The number of cyclic esters (lactones) is 1. The molecule has 2 aliphatic heterocycles. The largest absolute Gasteiger partial charge is 0.458 e. The number of methoxy groups -OCH3 is 1. The van der Waals surface area contributed by atoms with Crippen molar-refractivity contribution in [3.05, 3.63) is 60.2 Å². The van der Waals surface area contributed by atoms with Crippen LogP contribution in [-0.4, -0.2) is 103 Å². The number of esters is 2. The predicted molar refractivity (Wildman–Crippen MR) is 184 cm³/mol. The summed E-state index contributed by atoms with van der Waals surface area (Å²) < 4.78 is 31.0. The molecule has 0 radical (unpaired) electrons. The van der Waals surface area contributed by atoms with Crippen molar-refractivity contribution in [1.29, 1.82) is 0 Å². The molecule has 2 heterocycles. The zero-order valence-corrected chi connectivity index (χ0v) is 30.6. The summed E-state index contributed by atoms with van der Waals surface area (Å²) in [6.07, 6.45) is -1.12. The van der Waals surface area contributed by atoms with Crippen LogP contribution in [0.5, 0.6) is 0 Å². The van der Waals surface area contributed by atoms with Gasteiger partial charge in [-0.1, -0.05) is 51.6 Å². The highest BCUT2D eigenvalue weighted by molar-refractivity contribution is 6.00. The lowest BCUT2D eigenvalue weighted by Gasteiger charge is -2.47. The first-order chi connectivity index (χ1) is 22.9. The lowest BCUT2D eigenvalue weighted by atomic mass is 9.77. The highest BCUT2D eigenvalue weighted by Crippen LogP contribution is 2.38. The van der Waals surface area contributed by atoms with Gasteiger partial charge < -0.3 is 33.7 Å². The van der Waals surface area contributed by atoms with Gasteiger partial charge >= 0.3 is 11.9 Å². The molecule has 1 N–H and O–H groups in total. The fourth-order valence-electron chi connectivity index (χ4n) is 6.98. The summed E-state index contributed by atoms with van der Waals surface area (Å²) in [5, 5.41) is 11.5. The van der Waals surface area contributed by atoms with Crippen molar-refractivity contribution in [1.82, 2.24) is 4.90 Å². The Balaban J connectivity index is 2.14. The van der Waals surface area contributed by atoms with Gasteiger partial charge in [-0.3, -0.25) is 14.4 Å². The Morgan fingerprint density at radius 1 is 1.12 bits per heavy atom. The molecular weight excluding hydrogens is 630 g/mol. The summed E-state index contributed by atoms with van der Waals surface area (Å²) in [5.74, 6) is -5.06. The van der Waals surface area contributed by atoms with Crippen LogP contribution in [0, 0.1) is 17.8 Å². The zero-order valence-electron chi connectivity index (χ0n) is 30.6. The maximum absolute atomic E-state index is 14.2. The number of carbonyl (C=O) groups excluding carboxylic acids is 4. The van der Waals surface area contributed by atoms with Crippen molar-refractivity contribution in [3.8, 4) is 0 Å². The number of likely N-dealkylation sites (N-methyl/N-ethyl adjacent to an activating group) is 1. The summed E-state index contributed by atoms with van der Waals surface area (Å²) in [6.45, 7) is 15.5. The molecule has 1 saturated heterocycles. The maximum Gasteiger partial charge on any atom is 0.338 e. The van der Waals surface area contributed by atoms with Crippen molar-refractivity contribution >= 4 is 23.5 Å². The highest BCUT2D eigenvalue weighted by Gasteiger charge is 2.51. The van der Waals surface area contributed by atoms with E-state index < -0.39 is 71.3 Å². The van der Waals surface area contributed by atoms with E-state index in [2.05, 4.69) is 6.58 Å². The van der Waals surface area contributed by atoms with Crippen molar-refractivity contribution in [2.45, 2.75) is 116 Å². The number of ketones is 2. The fourth-order valence-corrected chi connectivity index (χ4v) is 6.98. The van der Waals surface area contributed by atoms with Crippen LogP contribution in [-0.2, 0) is 38.1 Å². The van der Waals surface area contributed by atoms with Crippen molar-refractivity contribution < 1.29 is 48.0 Å². The molecule has 0 amide bonds. The first-order valence-electron chi connectivity index (χ1n) is 17.0. The molecule has 49 heavy (non-hydrogen) atoms. The Morgan fingerprint density at radius 3 is 2.31 bits per heavy atom. The maximum atomic E-state index is 14.2. The Hall–Kier alpha value is -3.22. The van der Waals surface area contributed by atoms with Gasteiger partial charge in [0.1, 0.15) is 17.6 Å². The van der Waals surface area contributed by atoms with Gasteiger partial charge in [-0.2, -0.15) is 0 Å². The third-order valence-corrected chi connectivity index (χ3v) is 10.0. The summed E-state index contributed by atoms with van der Waals surface area (Å²) >= 11 is 0. The second-order valence-electron chi connectivity index (χ2n) is 14.0. The monoisotopic (exact) mass is 685 g/mol. The molecule has 2 aliphatic rings. The zero-order chi connectivity index (χ0) is 36.8. The Bertz CT molecular complexity index is 1380. The minimum absolute atomic E-state index is 0.103. The Labute approximate surface area is 290 Å². The van der Waals surface area contributed by atoms with Gasteiger partial charge in [0.25, 0.3) is 0 Å². The van der Waals surface area contributed by atoms with Crippen LogP contribution in [0.4, 0.5) is 0 Å². The number of hydrogen-bond acceptors (Lipinski definition) is 11. The van der Waals surface area contributed by atoms with Crippen LogP contribution < -0.4 is 0 Å². The van der Waals surface area contributed by atoms with Crippen LogP contribution in [0.3, 0.4) is 0 Å². The van der Waals surface area contributed by atoms with E-state index in [0.29, 0.717) is 12.0 Å². The quantitative estimate of drug-likeness (QED) is 0.232. The first-order valence-corrected chi connectivity index (χ1v) is 17.0. The molecule has 1 aromatic carbocycles. The smallest absolute Gasteiger partial charge is 0.338 e. The van der Waals surface area contributed by atoms with E-state index in [9.17, 15) is 24.3 Å². The number of nitrogens with zero attached hydrogens (tertiary/aromatic N) is 1. The fraction of sp³-hybridized carbons (Fsp3) is 0.632. The van der Waals surface area contributed by atoms with Gasteiger partial charge in [0, 0.05) is 18.9 Å². The molecule has 0 bridgehead atoms. The molecule has 3 rings (SSSR count). The number of allylic oxidation sites excluding steroid dienone is 1. The molecule has 1 unspecified atom stereocenters. The Morgan fingerprint density at radius 2 is 1.76 bits per heavy atom. The second kappa shape index (κ2) is 16.7. The summed E-state index contributed by atoms with van der Waals surface area (Å²) in [4.78, 5) is 56.7. The minimum Gasteiger partial charge on any atom is -0.458 e. The molecule has 1 aromatic rings. The van der Waals surface area contributed by atoms with E-state index in [0.717, 1.165) is 0 Å². The third-order valence-electron chi connectivity index (χ3n) is 10.0. The third kappa shape index (κ3) is 9.12. The van der Waals surface area contributed by atoms with E-state index in [1.54, 1.807) is 65.0 Å². The average molecular weight is 686 g/mol. The molecule has 0 spiro atoms. The van der Waals surface area contributed by atoms with E-state index in [-0.39, 0.29) is 36.3 Å². The number of aliphatic hydroxyl groups is 1. The molecule has 11 heteroatoms. The topological polar surface area (TPSA) is 138 Å². The van der Waals surface area contributed by atoms with Crippen molar-refractivity contribution in [2.24, 2.45) is 17.8 Å². The normalized spacial score (nSPS) is 37.8. The lowest BCUT2D eigenvalue weighted by molar-refractivity contribution is -0.294. The SMILES string of the molecule is C=C[C@]1(O)/C=C(\C)C(=O)[C@H](C)C[C@](C)(OC)[C@H](OC2O[C@H](C)C[C@H](N(C)C)[C@H]2OC(=O)c2ccccc2)[C@@H](C)C(=O)[C@@H](C)C(=O)O[C@@H]1CC. The number of ether oxygens (including phenoxy) is 5. The number of hydrogen-bond donors (Lipinski definition) is 1. The number of Topliss-reactive ketones (excluding diaryl/α,β-unsaturated/α-hetero) is 2. The number of rotatable bonds is 8. The van der Waals surface area contributed by atoms with Gasteiger partial charge in [0.05, 0.1) is 29.4 Å². The van der Waals surface area contributed by atoms with Gasteiger partial charge in [-0.25, -0.2) is 4.79 Å². The standard InChI is InChI=1S/C38H55NO10/c1-12-29-38(44,13-2)21-23(4)30(40)22(3)20-37(8,45-11)33(25(6)31(41)26(7)34(42)47-29)49-36-32(28(39(9)10)19-24(5)46-36)48-35(43)27-17-15-14-16-18-27/h13-18,21-22,24-26,28-29,32-33,36,44H,2,12,19-20H2,1,3-11H3/b23-21+/t22-,24-,25+,26-,28+,29-,32-,33-,36?,37+,38+/m1/s1. The molecule has 272 valence electrons. The van der Waals surface area contributed by atoms with Crippen molar-refractivity contribution in [3.63, 3.8) is 0 Å². The predicted octanol–water partition coefficient (Wildman–Crippen LogP) is 4.70. The van der Waals surface area contributed by atoms with E-state index in [4.69, 9.17) is 23.7 Å². The lowest BCUT2D eigenvalue weighted by Crippen LogP contribution is -2.60. The van der Waals surface area contributed by atoms with E-state index in [1.807, 2.05) is 25.9 Å². The highest BCUT2D eigenvalue weighted by atomic mass is 16.7. The number of carbonyl (C=O) groups is 4. The molecule has 11 atom stereocenters. The molecule has 0 aliphatic carbocycles. The Kier molecular flexibility index (Phi) is 13.7. The number of benzene rings is 1. The minimum atomic E-state index is -1.84. The average Bonchev–Trinajstić information content (AvgIpc) is 3.08. The molecule has 0 saturated carbocycles. The molecule has 11 nitrogen and oxygen atoms in total. The van der Waals surface area contributed by atoms with Crippen LogP contribution in [0.15, 0.2) is 54.6 Å². The first kappa shape index (κ1) is 40.2. The summed E-state index contributed by atoms with van der Waals surface area (Å²) in [6, 6.07) is 8.29. The van der Waals surface area contributed by atoms with Gasteiger partial charge in [-0.15, -0.1) is 0 Å². The van der Waals surface area contributed by atoms with Gasteiger partial charge in [0.15, 0.2) is 24.0 Å². The summed E-state index contributed by atoms with van der Waals surface area (Å²) in [5.41, 5.74) is -2.52. The molecular formula is C38H55NO10. The van der Waals surface area contributed by atoms with E-state index >= 15 is 0 Å². The van der Waals surface area contributed by atoms with Crippen LogP contribution in [0.1, 0.15) is 78.1 Å². The molecule has 1 fully saturated rings. The van der Waals surface area contributed by atoms with Gasteiger partial charge in [0.2, 0.25) is 0 Å². The summed E-state index contributed by atoms with van der Waals surface area (Å²) in [7, 11) is 5.23. The van der Waals surface area contributed by atoms with Crippen molar-refractivity contribution in [2.75, 3.05) is 21.2 Å². The van der Waals surface area contributed by atoms with E-state index in [1.165, 1.54) is 26.2 Å².